The third-order valence-corrected chi connectivity index (χ3v) is 4.92. The lowest BCUT2D eigenvalue weighted by Crippen LogP contribution is -2.19. The molecule has 24 heavy (non-hydrogen) atoms. The fourth-order valence-electron chi connectivity index (χ4n) is 3.50. The summed E-state index contributed by atoms with van der Waals surface area (Å²) >= 11 is 0. The van der Waals surface area contributed by atoms with Gasteiger partial charge >= 0.3 is 0 Å². The van der Waals surface area contributed by atoms with Gasteiger partial charge in [0.25, 0.3) is 0 Å². The van der Waals surface area contributed by atoms with Crippen molar-refractivity contribution in [3.05, 3.63) is 29.8 Å². The quantitative estimate of drug-likeness (QED) is 0.509. The van der Waals surface area contributed by atoms with E-state index in [1.807, 2.05) is 12.1 Å². The molecule has 0 aromatic heterocycles. The van der Waals surface area contributed by atoms with Crippen LogP contribution in [0, 0.1) is 5.92 Å². The zero-order valence-electron chi connectivity index (χ0n) is 15.6. The molecule has 1 aliphatic heterocycles. The summed E-state index contributed by atoms with van der Waals surface area (Å²) in [6, 6.07) is 8.34. The van der Waals surface area contributed by atoms with E-state index in [9.17, 15) is 0 Å². The Balaban J connectivity index is 1.96. The van der Waals surface area contributed by atoms with Crippen LogP contribution in [0.15, 0.2) is 24.3 Å². The highest BCUT2D eigenvalue weighted by Crippen LogP contribution is 2.35. The molecule has 1 aromatic carbocycles. The Kier molecular flexibility index (Phi) is 8.62. The van der Waals surface area contributed by atoms with Crippen LogP contribution >= 0.6 is 0 Å². The lowest BCUT2D eigenvalue weighted by molar-refractivity contribution is -0.136. The molecule has 1 heterocycles. The van der Waals surface area contributed by atoms with Gasteiger partial charge in [-0.2, -0.15) is 0 Å². The molecule has 0 bridgehead atoms. The average molecular weight is 334 g/mol. The smallest absolute Gasteiger partial charge is 0.158 e. The van der Waals surface area contributed by atoms with E-state index in [2.05, 4.69) is 26.0 Å². The summed E-state index contributed by atoms with van der Waals surface area (Å²) in [7, 11) is 1.75. The Bertz CT molecular complexity index is 460. The summed E-state index contributed by atoms with van der Waals surface area (Å²) < 4.78 is 17.7. The minimum atomic E-state index is -0.0251. The van der Waals surface area contributed by atoms with Crippen LogP contribution in [0.3, 0.4) is 0 Å². The Morgan fingerprint density at radius 2 is 1.88 bits per heavy atom. The van der Waals surface area contributed by atoms with Crippen LogP contribution in [-0.4, -0.2) is 26.1 Å². The van der Waals surface area contributed by atoms with Crippen molar-refractivity contribution in [2.75, 3.05) is 13.7 Å². The van der Waals surface area contributed by atoms with Crippen molar-refractivity contribution >= 4 is 0 Å². The second-order valence-electron chi connectivity index (χ2n) is 6.84. The van der Waals surface area contributed by atoms with Gasteiger partial charge < -0.3 is 14.2 Å². The van der Waals surface area contributed by atoms with Gasteiger partial charge in [0.15, 0.2) is 6.29 Å². The SMILES string of the molecule is CCCCC[C@H]1OC(OCCCC)C[C@@H]1Cc1ccccc1OC. The Morgan fingerprint density at radius 3 is 2.62 bits per heavy atom. The Morgan fingerprint density at radius 1 is 1.08 bits per heavy atom. The highest BCUT2D eigenvalue weighted by molar-refractivity contribution is 5.33. The maximum absolute atomic E-state index is 6.25. The van der Waals surface area contributed by atoms with Crippen molar-refractivity contribution in [3.8, 4) is 5.75 Å². The molecular formula is C21H34O3. The van der Waals surface area contributed by atoms with Crippen LogP contribution in [0.2, 0.25) is 0 Å². The van der Waals surface area contributed by atoms with E-state index in [-0.39, 0.29) is 6.29 Å². The molecular weight excluding hydrogens is 300 g/mol. The largest absolute Gasteiger partial charge is 0.496 e. The molecule has 1 aliphatic rings. The fourth-order valence-corrected chi connectivity index (χ4v) is 3.50. The van der Waals surface area contributed by atoms with Crippen LogP contribution in [-0.2, 0) is 15.9 Å². The fraction of sp³-hybridized carbons (Fsp3) is 0.714. The van der Waals surface area contributed by atoms with Gasteiger partial charge in [0, 0.05) is 13.0 Å². The number of methoxy groups -OCH3 is 1. The number of ether oxygens (including phenoxy) is 3. The monoisotopic (exact) mass is 334 g/mol. The topological polar surface area (TPSA) is 27.7 Å². The summed E-state index contributed by atoms with van der Waals surface area (Å²) in [6.07, 6.45) is 9.48. The van der Waals surface area contributed by atoms with Crippen molar-refractivity contribution in [1.82, 2.24) is 0 Å². The third kappa shape index (κ3) is 5.78. The molecule has 0 spiro atoms. The normalized spacial score (nSPS) is 23.5. The second-order valence-corrected chi connectivity index (χ2v) is 6.84. The van der Waals surface area contributed by atoms with Gasteiger partial charge in [-0.1, -0.05) is 57.7 Å². The molecule has 1 unspecified atom stereocenters. The van der Waals surface area contributed by atoms with Crippen LogP contribution in [0.5, 0.6) is 5.75 Å². The van der Waals surface area contributed by atoms with E-state index in [1.54, 1.807) is 7.11 Å². The Labute approximate surface area is 147 Å². The molecule has 0 saturated carbocycles. The van der Waals surface area contributed by atoms with Crippen molar-refractivity contribution < 1.29 is 14.2 Å². The first-order chi connectivity index (χ1) is 11.8. The van der Waals surface area contributed by atoms with Crippen molar-refractivity contribution in [2.24, 2.45) is 5.92 Å². The van der Waals surface area contributed by atoms with E-state index in [4.69, 9.17) is 14.2 Å². The highest BCUT2D eigenvalue weighted by Gasteiger charge is 2.35. The number of benzene rings is 1. The summed E-state index contributed by atoms with van der Waals surface area (Å²) in [5.41, 5.74) is 1.28. The van der Waals surface area contributed by atoms with E-state index in [1.165, 1.54) is 24.8 Å². The Hall–Kier alpha value is -1.06. The van der Waals surface area contributed by atoms with Crippen LogP contribution in [0.4, 0.5) is 0 Å². The number of unbranched alkanes of at least 4 members (excludes halogenated alkanes) is 3. The summed E-state index contributed by atoms with van der Waals surface area (Å²) in [5, 5.41) is 0. The summed E-state index contributed by atoms with van der Waals surface area (Å²) in [6.45, 7) is 5.25. The molecule has 2 rings (SSSR count). The van der Waals surface area contributed by atoms with Crippen LogP contribution < -0.4 is 4.74 Å². The average Bonchev–Trinajstić information content (AvgIpc) is 2.98. The van der Waals surface area contributed by atoms with E-state index in [0.29, 0.717) is 12.0 Å². The minimum Gasteiger partial charge on any atom is -0.496 e. The van der Waals surface area contributed by atoms with E-state index < -0.39 is 0 Å². The van der Waals surface area contributed by atoms with Gasteiger partial charge in [0.1, 0.15) is 5.75 Å². The first-order valence-corrected chi connectivity index (χ1v) is 9.67. The standard InChI is InChI=1S/C21H34O3/c1-4-6-8-13-20-18(16-21(24-20)23-14-7-5-2)15-17-11-9-10-12-19(17)22-3/h9-12,18,20-21H,4-8,13-16H2,1-3H3/t18-,20+,21?/m0/s1. The summed E-state index contributed by atoms with van der Waals surface area (Å²) in [4.78, 5) is 0. The predicted octanol–water partition coefficient (Wildman–Crippen LogP) is 5.37. The van der Waals surface area contributed by atoms with Crippen molar-refractivity contribution in [1.29, 1.82) is 0 Å². The first-order valence-electron chi connectivity index (χ1n) is 9.67. The van der Waals surface area contributed by atoms with Gasteiger partial charge in [-0.15, -0.1) is 0 Å². The highest BCUT2D eigenvalue weighted by atomic mass is 16.7. The van der Waals surface area contributed by atoms with Crippen LogP contribution in [0.25, 0.3) is 0 Å². The molecule has 136 valence electrons. The van der Waals surface area contributed by atoms with Gasteiger partial charge in [-0.25, -0.2) is 0 Å². The predicted molar refractivity (Wildman–Crippen MR) is 98.5 cm³/mol. The molecule has 1 aromatic rings. The lowest BCUT2D eigenvalue weighted by Gasteiger charge is -2.19. The first kappa shape index (κ1) is 19.3. The lowest BCUT2D eigenvalue weighted by atomic mass is 9.90. The van der Waals surface area contributed by atoms with E-state index in [0.717, 1.165) is 44.5 Å². The molecule has 1 fully saturated rings. The number of hydrogen-bond acceptors (Lipinski definition) is 3. The molecule has 0 N–H and O–H groups in total. The number of hydrogen-bond donors (Lipinski definition) is 0. The molecule has 0 aliphatic carbocycles. The van der Waals surface area contributed by atoms with Crippen LogP contribution in [0.1, 0.15) is 64.4 Å². The van der Waals surface area contributed by atoms with Crippen molar-refractivity contribution in [2.45, 2.75) is 77.6 Å². The maximum atomic E-state index is 6.25. The van der Waals surface area contributed by atoms with Gasteiger partial charge in [0.05, 0.1) is 13.2 Å². The molecule has 0 radical (unpaired) electrons. The number of para-hydroxylation sites is 1. The maximum Gasteiger partial charge on any atom is 0.158 e. The minimum absolute atomic E-state index is 0.0251. The zero-order valence-corrected chi connectivity index (χ0v) is 15.6. The van der Waals surface area contributed by atoms with Crippen molar-refractivity contribution in [3.63, 3.8) is 0 Å². The molecule has 3 heteroatoms. The van der Waals surface area contributed by atoms with Gasteiger partial charge in [-0.3, -0.25) is 0 Å². The van der Waals surface area contributed by atoms with Gasteiger partial charge in [0.2, 0.25) is 0 Å². The molecule has 1 saturated heterocycles. The van der Waals surface area contributed by atoms with E-state index >= 15 is 0 Å². The van der Waals surface area contributed by atoms with Gasteiger partial charge in [-0.05, 0) is 36.8 Å². The molecule has 3 atom stereocenters. The summed E-state index contributed by atoms with van der Waals surface area (Å²) in [5.74, 6) is 1.50. The second kappa shape index (κ2) is 10.7. The molecule has 3 nitrogen and oxygen atoms in total. The third-order valence-electron chi connectivity index (χ3n) is 4.92. The zero-order chi connectivity index (χ0) is 17.2. The number of rotatable bonds is 11. The molecule has 0 amide bonds.